The molecule has 5 rings (SSSR count). The highest BCUT2D eigenvalue weighted by molar-refractivity contribution is 6.12. The Kier molecular flexibility index (Phi) is 4.34. The van der Waals surface area contributed by atoms with Crippen molar-refractivity contribution in [2.24, 2.45) is 0 Å². The third-order valence-corrected chi connectivity index (χ3v) is 5.74. The zero-order valence-electron chi connectivity index (χ0n) is 17.1. The van der Waals surface area contributed by atoms with E-state index in [2.05, 4.69) is 42.4 Å². The molecule has 30 heavy (non-hydrogen) atoms. The van der Waals surface area contributed by atoms with Gasteiger partial charge in [-0.05, 0) is 51.0 Å². The van der Waals surface area contributed by atoms with Crippen molar-refractivity contribution in [3.63, 3.8) is 0 Å². The molecule has 4 aromatic rings. The summed E-state index contributed by atoms with van der Waals surface area (Å²) in [7, 11) is 0. The zero-order chi connectivity index (χ0) is 20.8. The fourth-order valence-corrected chi connectivity index (χ4v) is 4.20. The van der Waals surface area contributed by atoms with Crippen molar-refractivity contribution in [3.05, 3.63) is 64.5 Å². The first-order valence-electron chi connectivity index (χ1n) is 10.0. The number of nitrogens with one attached hydrogen (secondary N) is 1. The molecular formula is C22H22N6O2. The summed E-state index contributed by atoms with van der Waals surface area (Å²) in [5.74, 6) is 2.16. The van der Waals surface area contributed by atoms with Gasteiger partial charge in [0.25, 0.3) is 11.6 Å². The van der Waals surface area contributed by atoms with E-state index in [9.17, 15) is 4.79 Å². The van der Waals surface area contributed by atoms with E-state index in [1.807, 2.05) is 32.9 Å². The van der Waals surface area contributed by atoms with Crippen LogP contribution in [-0.2, 0) is 13.0 Å². The average molecular weight is 402 g/mol. The van der Waals surface area contributed by atoms with Crippen LogP contribution in [0.15, 0.2) is 34.9 Å². The van der Waals surface area contributed by atoms with Crippen molar-refractivity contribution < 1.29 is 9.32 Å². The first-order chi connectivity index (χ1) is 14.5. The van der Waals surface area contributed by atoms with Gasteiger partial charge in [0.05, 0.1) is 16.6 Å². The fraction of sp³-hybridized carbons (Fsp3) is 0.318. The lowest BCUT2D eigenvalue weighted by Crippen LogP contribution is -2.20. The molecule has 0 saturated carbocycles. The predicted octanol–water partition coefficient (Wildman–Crippen LogP) is 3.72. The molecule has 0 bridgehead atoms. The molecule has 0 fully saturated rings. The van der Waals surface area contributed by atoms with Crippen molar-refractivity contribution in [3.8, 4) is 0 Å². The Hall–Kier alpha value is -3.55. The number of amides is 1. The molecule has 8 nitrogen and oxygen atoms in total. The zero-order valence-corrected chi connectivity index (χ0v) is 17.1. The second kappa shape index (κ2) is 7.05. The molecule has 4 heterocycles. The standard InChI is InChI=1S/C22H22N6O2/c1-12-9-18(20-13(2)27-30-22(20)23-12)21(29)24-17-6-4-5-15(10-17)16-7-8-19-26-25-14(3)28(19)11-16/h4-6,9-10,16H,7-8,11H2,1-3H3,(H,24,29). The quantitative estimate of drug-likeness (QED) is 0.561. The molecule has 8 heteroatoms. The number of pyridine rings is 1. The Labute approximate surface area is 173 Å². The van der Waals surface area contributed by atoms with Crippen LogP contribution in [0.2, 0.25) is 0 Å². The monoisotopic (exact) mass is 402 g/mol. The number of carbonyl (C=O) groups excluding carboxylic acids is 1. The van der Waals surface area contributed by atoms with Gasteiger partial charge in [-0.2, -0.15) is 0 Å². The van der Waals surface area contributed by atoms with Crippen LogP contribution in [0.5, 0.6) is 0 Å². The van der Waals surface area contributed by atoms with Crippen LogP contribution < -0.4 is 5.32 Å². The number of nitrogens with zero attached hydrogens (tertiary/aromatic N) is 5. The molecule has 3 aromatic heterocycles. The maximum Gasteiger partial charge on any atom is 0.258 e. The molecule has 1 aromatic carbocycles. The van der Waals surface area contributed by atoms with Crippen molar-refractivity contribution in [2.75, 3.05) is 5.32 Å². The fourth-order valence-electron chi connectivity index (χ4n) is 4.20. The largest absolute Gasteiger partial charge is 0.336 e. The van der Waals surface area contributed by atoms with E-state index in [-0.39, 0.29) is 5.91 Å². The summed E-state index contributed by atoms with van der Waals surface area (Å²) in [5.41, 5.74) is 4.22. The Morgan fingerprint density at radius 1 is 1.20 bits per heavy atom. The summed E-state index contributed by atoms with van der Waals surface area (Å²) in [6.45, 7) is 6.48. The number of anilines is 1. The second-order valence-electron chi connectivity index (χ2n) is 7.85. The lowest BCUT2D eigenvalue weighted by atomic mass is 9.91. The molecule has 0 spiro atoms. The van der Waals surface area contributed by atoms with E-state index >= 15 is 0 Å². The second-order valence-corrected chi connectivity index (χ2v) is 7.85. The maximum absolute atomic E-state index is 13.1. The molecule has 1 atom stereocenters. The minimum Gasteiger partial charge on any atom is -0.336 e. The normalized spacial score (nSPS) is 15.9. The van der Waals surface area contributed by atoms with Gasteiger partial charge in [0.15, 0.2) is 0 Å². The summed E-state index contributed by atoms with van der Waals surface area (Å²) in [6.07, 6.45) is 1.92. The minimum atomic E-state index is -0.200. The van der Waals surface area contributed by atoms with E-state index in [0.29, 0.717) is 34.0 Å². The Bertz CT molecular complexity index is 1270. The van der Waals surface area contributed by atoms with Gasteiger partial charge < -0.3 is 14.4 Å². The molecule has 152 valence electrons. The van der Waals surface area contributed by atoms with Crippen LogP contribution in [0.25, 0.3) is 11.1 Å². The van der Waals surface area contributed by atoms with Gasteiger partial charge in [0.1, 0.15) is 11.6 Å². The van der Waals surface area contributed by atoms with Crippen molar-refractivity contribution in [1.82, 2.24) is 24.9 Å². The summed E-state index contributed by atoms with van der Waals surface area (Å²) < 4.78 is 7.43. The third-order valence-electron chi connectivity index (χ3n) is 5.74. The van der Waals surface area contributed by atoms with Gasteiger partial charge in [-0.25, -0.2) is 4.98 Å². The molecule has 0 radical (unpaired) electrons. The van der Waals surface area contributed by atoms with Gasteiger partial charge in [-0.1, -0.05) is 17.3 Å². The summed E-state index contributed by atoms with van der Waals surface area (Å²) in [6, 6.07) is 9.83. The number of fused-ring (bicyclic) bond motifs is 2. The number of hydrogen-bond donors (Lipinski definition) is 1. The Morgan fingerprint density at radius 3 is 2.93 bits per heavy atom. The van der Waals surface area contributed by atoms with E-state index in [1.54, 1.807) is 6.07 Å². The van der Waals surface area contributed by atoms with Crippen LogP contribution in [0.3, 0.4) is 0 Å². The Morgan fingerprint density at radius 2 is 2.07 bits per heavy atom. The van der Waals surface area contributed by atoms with Crippen LogP contribution in [0.4, 0.5) is 5.69 Å². The highest BCUT2D eigenvalue weighted by atomic mass is 16.5. The van der Waals surface area contributed by atoms with Gasteiger partial charge in [0, 0.05) is 30.3 Å². The molecule has 1 aliphatic heterocycles. The van der Waals surface area contributed by atoms with Crippen molar-refractivity contribution in [2.45, 2.75) is 46.1 Å². The number of aryl methyl sites for hydroxylation is 4. The number of hydrogen-bond acceptors (Lipinski definition) is 6. The van der Waals surface area contributed by atoms with E-state index < -0.39 is 0 Å². The van der Waals surface area contributed by atoms with Gasteiger partial charge in [0.2, 0.25) is 0 Å². The highest BCUT2D eigenvalue weighted by Crippen LogP contribution is 2.30. The number of rotatable bonds is 3. The van der Waals surface area contributed by atoms with Gasteiger partial charge >= 0.3 is 0 Å². The van der Waals surface area contributed by atoms with Crippen LogP contribution in [0, 0.1) is 20.8 Å². The molecule has 0 saturated heterocycles. The number of carbonyl (C=O) groups is 1. The maximum atomic E-state index is 13.1. The van der Waals surface area contributed by atoms with E-state index in [4.69, 9.17) is 4.52 Å². The molecule has 1 N–H and O–H groups in total. The lowest BCUT2D eigenvalue weighted by Gasteiger charge is -2.24. The SMILES string of the molecule is Cc1cc(C(=O)Nc2cccc(C3CCc4nnc(C)n4C3)c2)c2c(C)noc2n1. The van der Waals surface area contributed by atoms with Gasteiger partial charge in [-0.15, -0.1) is 10.2 Å². The van der Waals surface area contributed by atoms with Crippen LogP contribution in [-0.4, -0.2) is 30.8 Å². The summed E-state index contributed by atoms with van der Waals surface area (Å²) in [4.78, 5) is 17.4. The first-order valence-corrected chi connectivity index (χ1v) is 10.0. The van der Waals surface area contributed by atoms with Crippen LogP contribution in [0.1, 0.15) is 51.3 Å². The predicted molar refractivity (Wildman–Crippen MR) is 111 cm³/mol. The molecule has 1 unspecified atom stereocenters. The third kappa shape index (κ3) is 3.14. The molecule has 0 aliphatic carbocycles. The van der Waals surface area contributed by atoms with E-state index in [1.165, 1.54) is 5.56 Å². The van der Waals surface area contributed by atoms with Crippen molar-refractivity contribution in [1.29, 1.82) is 0 Å². The lowest BCUT2D eigenvalue weighted by molar-refractivity contribution is 0.102. The first kappa shape index (κ1) is 18.5. The molecule has 1 aliphatic rings. The molecular weight excluding hydrogens is 380 g/mol. The topological polar surface area (TPSA) is 98.7 Å². The summed E-state index contributed by atoms with van der Waals surface area (Å²) >= 11 is 0. The van der Waals surface area contributed by atoms with E-state index in [0.717, 1.165) is 36.7 Å². The number of benzene rings is 1. The average Bonchev–Trinajstić information content (AvgIpc) is 3.30. The minimum absolute atomic E-state index is 0.200. The Balaban J connectivity index is 1.41. The van der Waals surface area contributed by atoms with Crippen molar-refractivity contribution >= 4 is 22.7 Å². The highest BCUT2D eigenvalue weighted by Gasteiger charge is 2.23. The van der Waals surface area contributed by atoms with Gasteiger partial charge in [-0.3, -0.25) is 4.79 Å². The van der Waals surface area contributed by atoms with Crippen LogP contribution >= 0.6 is 0 Å². The number of aromatic nitrogens is 5. The summed E-state index contributed by atoms with van der Waals surface area (Å²) in [5, 5.41) is 16.1. The molecule has 1 amide bonds. The smallest absolute Gasteiger partial charge is 0.258 e.